The Morgan fingerprint density at radius 1 is 1.62 bits per heavy atom. The highest BCUT2D eigenvalue weighted by Crippen LogP contribution is 2.30. The summed E-state index contributed by atoms with van der Waals surface area (Å²) < 4.78 is 26.0. The highest BCUT2D eigenvalue weighted by atomic mass is 32.2. The largest absolute Gasteiger partial charge is 0.465 e. The first-order valence-electron chi connectivity index (χ1n) is 4.42. The summed E-state index contributed by atoms with van der Waals surface area (Å²) in [6.07, 6.45) is -1.13. The molecule has 0 spiro atoms. The molecule has 0 saturated carbocycles. The Morgan fingerprint density at radius 2 is 2.31 bits per heavy atom. The zero-order valence-electron chi connectivity index (χ0n) is 8.39. The normalized spacial score (nSPS) is 27.5. The van der Waals surface area contributed by atoms with Gasteiger partial charge < -0.3 is 9.84 Å². The lowest BCUT2D eigenvalue weighted by molar-refractivity contribution is 0.0600. The number of rotatable bonds is 1. The average molecular weight is 242 g/mol. The van der Waals surface area contributed by atoms with Crippen LogP contribution in [0.25, 0.3) is 0 Å². The molecule has 0 aliphatic carbocycles. The molecule has 1 aliphatic heterocycles. The quantitative estimate of drug-likeness (QED) is 0.620. The maximum atomic E-state index is 11.7. The van der Waals surface area contributed by atoms with Gasteiger partial charge in [0.25, 0.3) is 0 Å². The minimum Gasteiger partial charge on any atom is -0.465 e. The number of fused-ring (bicyclic) bond motifs is 1. The molecular weight excluding hydrogens is 232 g/mol. The van der Waals surface area contributed by atoms with Crippen LogP contribution in [0.15, 0.2) is 23.1 Å². The summed E-state index contributed by atoms with van der Waals surface area (Å²) in [6.45, 7) is 0. The highest BCUT2D eigenvalue weighted by molar-refractivity contribution is 7.90. The maximum Gasteiger partial charge on any atom is 0.337 e. The van der Waals surface area contributed by atoms with Gasteiger partial charge in [0.2, 0.25) is 0 Å². The number of benzene rings is 1. The van der Waals surface area contributed by atoms with Crippen LogP contribution >= 0.6 is 0 Å². The molecule has 86 valence electrons. The number of methoxy groups -OCH3 is 1. The van der Waals surface area contributed by atoms with E-state index in [0.717, 1.165) is 0 Å². The first-order valence-corrected chi connectivity index (χ1v) is 5.98. The number of nitrogens with one attached hydrogen (secondary N) is 2. The Bertz CT molecular complexity index is 553. The third-order valence-corrected chi connectivity index (χ3v) is 3.84. The smallest absolute Gasteiger partial charge is 0.337 e. The van der Waals surface area contributed by atoms with Gasteiger partial charge in [-0.1, -0.05) is 6.07 Å². The highest BCUT2D eigenvalue weighted by Gasteiger charge is 2.30. The second kappa shape index (κ2) is 3.55. The Labute approximate surface area is 92.3 Å². The SMILES string of the molecule is COC(=O)c1ccc2c(c1)S(=N)(=O)NC2O. The second-order valence-corrected chi connectivity index (χ2v) is 5.11. The van der Waals surface area contributed by atoms with Crippen LogP contribution in [-0.4, -0.2) is 22.4 Å². The Hall–Kier alpha value is -1.44. The molecule has 1 aromatic carbocycles. The van der Waals surface area contributed by atoms with Crippen molar-refractivity contribution in [1.29, 1.82) is 4.78 Å². The fourth-order valence-electron chi connectivity index (χ4n) is 1.54. The second-order valence-electron chi connectivity index (χ2n) is 3.32. The van der Waals surface area contributed by atoms with Crippen molar-refractivity contribution < 1.29 is 18.8 Å². The standard InChI is InChI=1S/C9H10N2O4S/c1-15-9(13)5-2-3-6-7(4-5)16(10,14)11-8(6)12/h2-4,8,12H,1H3,(H2,10,11,14). The van der Waals surface area contributed by atoms with Gasteiger partial charge in [0.05, 0.1) is 17.6 Å². The van der Waals surface area contributed by atoms with Crippen molar-refractivity contribution in [2.24, 2.45) is 0 Å². The first kappa shape index (κ1) is 11.1. The first-order chi connectivity index (χ1) is 7.45. The summed E-state index contributed by atoms with van der Waals surface area (Å²) >= 11 is 0. The molecule has 0 bridgehead atoms. The fourth-order valence-corrected chi connectivity index (χ4v) is 2.91. The minimum atomic E-state index is -3.23. The fraction of sp³-hybridized carbons (Fsp3) is 0.222. The summed E-state index contributed by atoms with van der Waals surface area (Å²) in [5.41, 5.74) is 0.560. The van der Waals surface area contributed by atoms with Crippen molar-refractivity contribution in [3.05, 3.63) is 29.3 Å². The molecule has 0 saturated heterocycles. The molecule has 0 radical (unpaired) electrons. The van der Waals surface area contributed by atoms with E-state index in [0.29, 0.717) is 5.56 Å². The van der Waals surface area contributed by atoms with Gasteiger partial charge >= 0.3 is 5.97 Å². The number of aliphatic hydroxyl groups is 1. The van der Waals surface area contributed by atoms with Crippen LogP contribution in [0, 0.1) is 4.78 Å². The van der Waals surface area contributed by atoms with E-state index in [1.54, 1.807) is 0 Å². The molecule has 1 heterocycles. The molecule has 3 N–H and O–H groups in total. The van der Waals surface area contributed by atoms with E-state index in [9.17, 15) is 14.1 Å². The lowest BCUT2D eigenvalue weighted by Gasteiger charge is -2.03. The minimum absolute atomic E-state index is 0.128. The lowest BCUT2D eigenvalue weighted by atomic mass is 10.1. The van der Waals surface area contributed by atoms with Gasteiger partial charge in [0, 0.05) is 5.56 Å². The number of carbonyl (C=O) groups excluding carboxylic acids is 1. The topological polar surface area (TPSA) is 99.5 Å². The molecule has 0 aromatic heterocycles. The van der Waals surface area contributed by atoms with E-state index in [-0.39, 0.29) is 10.5 Å². The van der Waals surface area contributed by atoms with Crippen LogP contribution in [0.5, 0.6) is 0 Å². The summed E-state index contributed by atoms with van der Waals surface area (Å²) in [6, 6.07) is 4.22. The monoisotopic (exact) mass is 242 g/mol. The van der Waals surface area contributed by atoms with E-state index < -0.39 is 22.1 Å². The van der Waals surface area contributed by atoms with Crippen LogP contribution in [0.3, 0.4) is 0 Å². The molecule has 16 heavy (non-hydrogen) atoms. The summed E-state index contributed by atoms with van der Waals surface area (Å²) in [4.78, 5) is 11.4. The van der Waals surface area contributed by atoms with Crippen molar-refractivity contribution in [3.8, 4) is 0 Å². The van der Waals surface area contributed by atoms with E-state index in [1.807, 2.05) is 0 Å². The van der Waals surface area contributed by atoms with Gasteiger partial charge in [-0.3, -0.25) is 0 Å². The lowest BCUT2D eigenvalue weighted by Crippen LogP contribution is -2.17. The average Bonchev–Trinajstić information content (AvgIpc) is 2.48. The molecule has 1 aliphatic rings. The van der Waals surface area contributed by atoms with Crippen molar-refractivity contribution in [2.75, 3.05) is 7.11 Å². The van der Waals surface area contributed by atoms with Crippen LogP contribution in [-0.2, 0) is 14.7 Å². The molecule has 1 aromatic rings. The third-order valence-electron chi connectivity index (χ3n) is 2.32. The number of hydrogen-bond donors (Lipinski definition) is 3. The Kier molecular flexibility index (Phi) is 2.45. The predicted molar refractivity (Wildman–Crippen MR) is 55.0 cm³/mol. The van der Waals surface area contributed by atoms with Crippen molar-refractivity contribution in [2.45, 2.75) is 11.1 Å². The predicted octanol–water partition coefficient (Wildman–Crippen LogP) is 0.388. The summed E-state index contributed by atoms with van der Waals surface area (Å²) in [5.74, 6) is -0.570. The number of aliphatic hydroxyl groups excluding tert-OH is 1. The van der Waals surface area contributed by atoms with Gasteiger partial charge in [-0.05, 0) is 12.1 Å². The number of ether oxygens (including phenoxy) is 1. The van der Waals surface area contributed by atoms with E-state index in [1.165, 1.54) is 25.3 Å². The van der Waals surface area contributed by atoms with Crippen molar-refractivity contribution >= 4 is 15.9 Å². The summed E-state index contributed by atoms with van der Waals surface area (Å²) in [5, 5.41) is 9.48. The molecule has 0 fully saturated rings. The van der Waals surface area contributed by atoms with E-state index >= 15 is 0 Å². The molecule has 6 nitrogen and oxygen atoms in total. The van der Waals surface area contributed by atoms with Gasteiger partial charge in [-0.25, -0.2) is 13.8 Å². The molecule has 7 heteroatoms. The van der Waals surface area contributed by atoms with Crippen molar-refractivity contribution in [3.63, 3.8) is 0 Å². The number of esters is 1. The molecule has 0 amide bonds. The zero-order chi connectivity index (χ0) is 11.9. The number of carbonyl (C=O) groups is 1. The molecular formula is C9H10N2O4S. The Morgan fingerprint density at radius 3 is 2.94 bits per heavy atom. The van der Waals surface area contributed by atoms with Crippen LogP contribution in [0.4, 0.5) is 0 Å². The molecule has 2 rings (SSSR count). The molecule has 2 unspecified atom stereocenters. The van der Waals surface area contributed by atoms with E-state index in [4.69, 9.17) is 4.78 Å². The van der Waals surface area contributed by atoms with Gasteiger partial charge in [-0.15, -0.1) is 0 Å². The van der Waals surface area contributed by atoms with Gasteiger partial charge in [-0.2, -0.15) is 4.72 Å². The number of hydrogen-bond acceptors (Lipinski definition) is 5. The van der Waals surface area contributed by atoms with Gasteiger partial charge in [0.15, 0.2) is 0 Å². The van der Waals surface area contributed by atoms with Gasteiger partial charge in [0.1, 0.15) is 16.1 Å². The van der Waals surface area contributed by atoms with Crippen molar-refractivity contribution in [1.82, 2.24) is 4.72 Å². The third kappa shape index (κ3) is 1.58. The van der Waals surface area contributed by atoms with Crippen LogP contribution in [0.1, 0.15) is 22.1 Å². The van der Waals surface area contributed by atoms with Crippen LogP contribution in [0.2, 0.25) is 0 Å². The zero-order valence-corrected chi connectivity index (χ0v) is 9.21. The summed E-state index contributed by atoms with van der Waals surface area (Å²) in [7, 11) is -1.99. The van der Waals surface area contributed by atoms with Crippen LogP contribution < -0.4 is 4.72 Å². The van der Waals surface area contributed by atoms with E-state index in [2.05, 4.69) is 9.46 Å². The molecule has 2 atom stereocenters. The maximum absolute atomic E-state index is 11.7. The Balaban J connectivity index is 2.59.